The zero-order valence-electron chi connectivity index (χ0n) is 24.9. The molecule has 12 heteroatoms. The molecule has 0 aliphatic carbocycles. The number of ether oxygens (including phenoxy) is 2. The van der Waals surface area contributed by atoms with Crippen molar-refractivity contribution < 1.29 is 18.7 Å². The van der Waals surface area contributed by atoms with Gasteiger partial charge >= 0.3 is 6.01 Å². The van der Waals surface area contributed by atoms with Crippen LogP contribution >= 0.6 is 11.6 Å². The van der Waals surface area contributed by atoms with E-state index >= 15 is 0 Å². The van der Waals surface area contributed by atoms with Gasteiger partial charge in [-0.25, -0.2) is 4.39 Å². The van der Waals surface area contributed by atoms with Crippen LogP contribution in [0.4, 0.5) is 15.9 Å². The maximum atomic E-state index is 13.8. The van der Waals surface area contributed by atoms with Crippen LogP contribution in [-0.4, -0.2) is 97.4 Å². The lowest BCUT2D eigenvalue weighted by atomic mass is 10.0. The van der Waals surface area contributed by atoms with Gasteiger partial charge < -0.3 is 29.1 Å². The standard InChI is InChI=1S/C32H35ClFN7O3/c1-20(34)31(42)41-15-14-40(16-22(41)10-12-35)30-23-11-13-39(26-9-5-7-21-6-4-8-24(33)29(21)26)17-25(23)36-32(37-30)44-28-19-43-18-27(28)38(2)3/h4-9,22,27-28H,1,10-11,13-19H2,2-3H3/t22?,27-,28+/m0/s1. The summed E-state index contributed by atoms with van der Waals surface area (Å²) >= 11 is 6.69. The van der Waals surface area contributed by atoms with Gasteiger partial charge in [-0.05, 0) is 38.0 Å². The highest BCUT2D eigenvalue weighted by Gasteiger charge is 2.36. The first-order valence-electron chi connectivity index (χ1n) is 14.7. The number of aromatic nitrogens is 2. The van der Waals surface area contributed by atoms with Gasteiger partial charge in [0.1, 0.15) is 11.9 Å². The smallest absolute Gasteiger partial charge is 0.319 e. The van der Waals surface area contributed by atoms with E-state index in [0.717, 1.165) is 40.1 Å². The predicted octanol–water partition coefficient (Wildman–Crippen LogP) is 3.97. The first kappa shape index (κ1) is 30.1. The van der Waals surface area contributed by atoms with E-state index in [1.807, 2.05) is 32.3 Å². The van der Waals surface area contributed by atoms with Gasteiger partial charge in [0.15, 0.2) is 5.83 Å². The number of rotatable bonds is 7. The van der Waals surface area contributed by atoms with E-state index in [0.29, 0.717) is 44.3 Å². The molecule has 6 rings (SSSR count). The number of carbonyl (C=O) groups is 1. The van der Waals surface area contributed by atoms with Crippen LogP contribution in [0.5, 0.6) is 6.01 Å². The molecule has 0 bridgehead atoms. The zero-order chi connectivity index (χ0) is 31.0. The first-order valence-corrected chi connectivity index (χ1v) is 15.1. The minimum Gasteiger partial charge on any atom is -0.456 e. The fourth-order valence-electron chi connectivity index (χ4n) is 6.45. The number of carbonyl (C=O) groups excluding carboxylic acids is 1. The molecular weight excluding hydrogens is 585 g/mol. The summed E-state index contributed by atoms with van der Waals surface area (Å²) in [5.41, 5.74) is 2.87. The van der Waals surface area contributed by atoms with Crippen LogP contribution in [0.25, 0.3) is 10.8 Å². The van der Waals surface area contributed by atoms with Crippen LogP contribution in [0, 0.1) is 11.3 Å². The van der Waals surface area contributed by atoms with Crippen molar-refractivity contribution in [2.24, 2.45) is 0 Å². The van der Waals surface area contributed by atoms with Crippen molar-refractivity contribution in [1.82, 2.24) is 19.8 Å². The van der Waals surface area contributed by atoms with Crippen LogP contribution < -0.4 is 14.5 Å². The average Bonchev–Trinajstić information content (AvgIpc) is 3.48. The Balaban J connectivity index is 1.37. The molecule has 10 nitrogen and oxygen atoms in total. The Morgan fingerprint density at radius 1 is 1.18 bits per heavy atom. The molecule has 4 heterocycles. The van der Waals surface area contributed by atoms with Crippen LogP contribution in [0.3, 0.4) is 0 Å². The monoisotopic (exact) mass is 619 g/mol. The Hall–Kier alpha value is -3.98. The average molecular weight is 620 g/mol. The van der Waals surface area contributed by atoms with Crippen molar-refractivity contribution in [2.75, 3.05) is 63.3 Å². The third-order valence-electron chi connectivity index (χ3n) is 8.72. The molecule has 3 aromatic rings. The third-order valence-corrected chi connectivity index (χ3v) is 9.03. The van der Waals surface area contributed by atoms with E-state index in [1.54, 1.807) is 0 Å². The lowest BCUT2D eigenvalue weighted by molar-refractivity contribution is -0.131. The minimum atomic E-state index is -1.03. The minimum absolute atomic E-state index is 0.0516. The van der Waals surface area contributed by atoms with Crippen molar-refractivity contribution in [1.29, 1.82) is 5.26 Å². The summed E-state index contributed by atoms with van der Waals surface area (Å²) < 4.78 is 26.0. The van der Waals surface area contributed by atoms with Crippen molar-refractivity contribution in [3.8, 4) is 12.1 Å². The highest BCUT2D eigenvalue weighted by molar-refractivity contribution is 6.36. The van der Waals surface area contributed by atoms with Gasteiger partial charge in [0.25, 0.3) is 5.91 Å². The number of nitrogens with zero attached hydrogens (tertiary/aromatic N) is 7. The number of anilines is 2. The highest BCUT2D eigenvalue weighted by Crippen LogP contribution is 2.37. The summed E-state index contributed by atoms with van der Waals surface area (Å²) in [6.07, 6.45) is 0.483. The summed E-state index contributed by atoms with van der Waals surface area (Å²) in [6.45, 7) is 6.37. The van der Waals surface area contributed by atoms with E-state index in [9.17, 15) is 14.4 Å². The maximum absolute atomic E-state index is 13.8. The Labute approximate surface area is 261 Å². The van der Waals surface area contributed by atoms with Gasteiger partial charge in [-0.15, -0.1) is 0 Å². The number of hydrogen-bond donors (Lipinski definition) is 0. The molecule has 0 spiro atoms. The molecule has 2 fully saturated rings. The lowest BCUT2D eigenvalue weighted by Crippen LogP contribution is -2.55. The van der Waals surface area contributed by atoms with Gasteiger partial charge in [-0.1, -0.05) is 42.4 Å². The number of nitriles is 1. The van der Waals surface area contributed by atoms with Crippen LogP contribution in [0.2, 0.25) is 5.02 Å². The quantitative estimate of drug-likeness (QED) is 0.364. The Morgan fingerprint density at radius 2 is 1.98 bits per heavy atom. The van der Waals surface area contributed by atoms with Gasteiger partial charge in [0, 0.05) is 42.8 Å². The number of amides is 1. The van der Waals surface area contributed by atoms with E-state index in [4.69, 9.17) is 31.0 Å². The SMILES string of the molecule is C=C(F)C(=O)N1CCN(c2nc(O[C@@H]3COC[C@@H]3N(C)C)nc3c2CCN(c2cccc4cccc(Cl)c24)C3)CC1CC#N. The molecule has 44 heavy (non-hydrogen) atoms. The largest absolute Gasteiger partial charge is 0.456 e. The summed E-state index contributed by atoms with van der Waals surface area (Å²) in [5.74, 6) is -1.09. The molecule has 1 amide bonds. The van der Waals surface area contributed by atoms with Gasteiger partial charge in [0.05, 0.1) is 55.0 Å². The van der Waals surface area contributed by atoms with Crippen LogP contribution in [0.1, 0.15) is 17.7 Å². The molecule has 0 N–H and O–H groups in total. The topological polar surface area (TPSA) is 98.1 Å². The van der Waals surface area contributed by atoms with E-state index in [-0.39, 0.29) is 31.1 Å². The molecule has 1 aromatic heterocycles. The summed E-state index contributed by atoms with van der Waals surface area (Å²) in [6, 6.07) is 14.0. The Morgan fingerprint density at radius 3 is 2.73 bits per heavy atom. The fraction of sp³-hybridized carbons (Fsp3) is 0.438. The zero-order valence-corrected chi connectivity index (χ0v) is 25.6. The lowest BCUT2D eigenvalue weighted by Gasteiger charge is -2.42. The van der Waals surface area contributed by atoms with E-state index in [1.165, 1.54) is 4.90 Å². The van der Waals surface area contributed by atoms with Crippen molar-refractivity contribution in [2.45, 2.75) is 37.6 Å². The predicted molar refractivity (Wildman–Crippen MR) is 167 cm³/mol. The van der Waals surface area contributed by atoms with E-state index < -0.39 is 17.8 Å². The fourth-order valence-corrected chi connectivity index (χ4v) is 6.73. The summed E-state index contributed by atoms with van der Waals surface area (Å²) in [7, 11) is 3.98. The number of likely N-dealkylation sites (N-methyl/N-ethyl adjacent to an activating group) is 1. The second-order valence-electron chi connectivity index (χ2n) is 11.6. The first-order chi connectivity index (χ1) is 21.2. The molecule has 3 aliphatic rings. The molecule has 3 aliphatic heterocycles. The summed E-state index contributed by atoms with van der Waals surface area (Å²) in [4.78, 5) is 30.2. The molecule has 230 valence electrons. The number of fused-ring (bicyclic) bond motifs is 2. The third kappa shape index (κ3) is 5.77. The van der Waals surface area contributed by atoms with Gasteiger partial charge in [-0.3, -0.25) is 4.79 Å². The highest BCUT2D eigenvalue weighted by atomic mass is 35.5. The maximum Gasteiger partial charge on any atom is 0.319 e. The second-order valence-corrected chi connectivity index (χ2v) is 12.0. The molecule has 3 atom stereocenters. The number of piperazine rings is 1. The van der Waals surface area contributed by atoms with Crippen molar-refractivity contribution in [3.63, 3.8) is 0 Å². The molecular formula is C32H35ClFN7O3. The molecule has 1 unspecified atom stereocenters. The second kappa shape index (κ2) is 12.6. The number of benzene rings is 2. The van der Waals surface area contributed by atoms with Crippen LogP contribution in [-0.2, 0) is 22.5 Å². The van der Waals surface area contributed by atoms with Crippen molar-refractivity contribution >= 4 is 39.8 Å². The normalized spacial score (nSPS) is 21.8. The molecule has 2 aromatic carbocycles. The molecule has 0 radical (unpaired) electrons. The van der Waals surface area contributed by atoms with Crippen molar-refractivity contribution in [3.05, 3.63) is 65.1 Å². The van der Waals surface area contributed by atoms with Crippen LogP contribution in [0.15, 0.2) is 48.8 Å². The Kier molecular flexibility index (Phi) is 8.58. The van der Waals surface area contributed by atoms with E-state index in [2.05, 4.69) is 45.5 Å². The van der Waals surface area contributed by atoms with Gasteiger partial charge in [-0.2, -0.15) is 15.2 Å². The molecule has 0 saturated carbocycles. The summed E-state index contributed by atoms with van der Waals surface area (Å²) in [5, 5.41) is 12.3. The molecule has 2 saturated heterocycles. The Bertz CT molecular complexity index is 1620. The number of halogens is 2. The van der Waals surface area contributed by atoms with Gasteiger partial charge in [0.2, 0.25) is 0 Å². The number of hydrogen-bond acceptors (Lipinski definition) is 9.